The van der Waals surface area contributed by atoms with Crippen LogP contribution in [0.5, 0.6) is 0 Å². The van der Waals surface area contributed by atoms with Crippen molar-refractivity contribution in [3.63, 3.8) is 0 Å². The topological polar surface area (TPSA) is 74.8 Å². The third kappa shape index (κ3) is 8.94. The van der Waals surface area contributed by atoms with Gasteiger partial charge in [0.05, 0.1) is 5.54 Å². The Kier molecular flexibility index (Phi) is 9.99. The highest BCUT2D eigenvalue weighted by Crippen LogP contribution is 2.27. The SMILES string of the molecule is CCC(CC)(CNC(=NC)NCC1CC1)NC(=O)OC(C)(C)C.I. The molecule has 0 saturated heterocycles. The summed E-state index contributed by atoms with van der Waals surface area (Å²) in [4.78, 5) is 16.4. The van der Waals surface area contributed by atoms with Crippen LogP contribution in [0.25, 0.3) is 0 Å². The molecule has 0 unspecified atom stereocenters. The van der Waals surface area contributed by atoms with E-state index in [0.717, 1.165) is 31.3 Å². The van der Waals surface area contributed by atoms with E-state index in [1.54, 1.807) is 7.05 Å². The maximum atomic E-state index is 12.1. The van der Waals surface area contributed by atoms with E-state index in [4.69, 9.17) is 4.74 Å². The highest BCUT2D eigenvalue weighted by atomic mass is 127. The first-order valence-corrected chi connectivity index (χ1v) is 8.69. The fourth-order valence-corrected chi connectivity index (χ4v) is 2.28. The Morgan fingerprint density at radius 2 is 1.75 bits per heavy atom. The Labute approximate surface area is 164 Å². The fourth-order valence-electron chi connectivity index (χ4n) is 2.28. The van der Waals surface area contributed by atoms with Gasteiger partial charge in [-0.3, -0.25) is 4.99 Å². The minimum atomic E-state index is -0.493. The summed E-state index contributed by atoms with van der Waals surface area (Å²) in [6.45, 7) is 11.3. The first kappa shape index (κ1) is 23.3. The van der Waals surface area contributed by atoms with Crippen LogP contribution in [0.2, 0.25) is 0 Å². The van der Waals surface area contributed by atoms with Crippen LogP contribution >= 0.6 is 24.0 Å². The maximum absolute atomic E-state index is 12.1. The Hall–Kier alpha value is -0.730. The van der Waals surface area contributed by atoms with E-state index in [0.29, 0.717) is 6.54 Å². The highest BCUT2D eigenvalue weighted by Gasteiger charge is 2.31. The smallest absolute Gasteiger partial charge is 0.408 e. The summed E-state index contributed by atoms with van der Waals surface area (Å²) in [5.74, 6) is 1.57. The van der Waals surface area contributed by atoms with Crippen molar-refractivity contribution in [2.24, 2.45) is 10.9 Å². The molecule has 1 fully saturated rings. The summed E-state index contributed by atoms with van der Waals surface area (Å²) in [6, 6.07) is 0. The van der Waals surface area contributed by atoms with Crippen LogP contribution in [0.3, 0.4) is 0 Å². The van der Waals surface area contributed by atoms with Gasteiger partial charge in [-0.2, -0.15) is 0 Å². The van der Waals surface area contributed by atoms with Crippen LogP contribution in [-0.2, 0) is 4.74 Å². The van der Waals surface area contributed by atoms with E-state index in [1.165, 1.54) is 12.8 Å². The van der Waals surface area contributed by atoms with Crippen LogP contribution in [0.1, 0.15) is 60.3 Å². The molecule has 0 atom stereocenters. The average molecular weight is 454 g/mol. The molecular formula is C17H35IN4O2. The van der Waals surface area contributed by atoms with Gasteiger partial charge >= 0.3 is 6.09 Å². The molecule has 0 radical (unpaired) electrons. The molecule has 0 aliphatic heterocycles. The van der Waals surface area contributed by atoms with Gasteiger partial charge in [0, 0.05) is 20.1 Å². The Balaban J connectivity index is 0.00000529. The molecule has 7 heteroatoms. The molecular weight excluding hydrogens is 419 g/mol. The molecule has 1 amide bonds. The number of amides is 1. The minimum Gasteiger partial charge on any atom is -0.444 e. The molecule has 1 saturated carbocycles. The number of aliphatic imine (C=N–C) groups is 1. The maximum Gasteiger partial charge on any atom is 0.408 e. The molecule has 24 heavy (non-hydrogen) atoms. The van der Waals surface area contributed by atoms with Gasteiger partial charge in [-0.1, -0.05) is 13.8 Å². The van der Waals surface area contributed by atoms with Crippen LogP contribution in [-0.4, -0.2) is 43.3 Å². The second-order valence-corrected chi connectivity index (χ2v) is 7.36. The van der Waals surface area contributed by atoms with Crippen molar-refractivity contribution in [2.45, 2.75) is 71.4 Å². The molecule has 1 aliphatic rings. The molecule has 6 nitrogen and oxygen atoms in total. The number of ether oxygens (including phenoxy) is 1. The van der Waals surface area contributed by atoms with E-state index in [2.05, 4.69) is 34.8 Å². The molecule has 0 aromatic rings. The molecule has 0 aromatic carbocycles. The molecule has 3 N–H and O–H groups in total. The van der Waals surface area contributed by atoms with Crippen LogP contribution in [0.15, 0.2) is 4.99 Å². The number of halogens is 1. The summed E-state index contributed by atoms with van der Waals surface area (Å²) < 4.78 is 5.39. The Morgan fingerprint density at radius 1 is 1.17 bits per heavy atom. The number of rotatable bonds is 7. The van der Waals surface area contributed by atoms with Crippen molar-refractivity contribution in [1.82, 2.24) is 16.0 Å². The van der Waals surface area contributed by atoms with E-state index in [9.17, 15) is 4.79 Å². The quantitative estimate of drug-likeness (QED) is 0.314. The number of carbonyl (C=O) groups is 1. The van der Waals surface area contributed by atoms with Crippen LogP contribution < -0.4 is 16.0 Å². The van der Waals surface area contributed by atoms with Crippen molar-refractivity contribution < 1.29 is 9.53 Å². The number of hydrogen-bond acceptors (Lipinski definition) is 3. The molecule has 0 spiro atoms. The summed E-state index contributed by atoms with van der Waals surface area (Å²) in [7, 11) is 1.77. The number of nitrogens with zero attached hydrogens (tertiary/aromatic N) is 1. The number of guanidine groups is 1. The predicted molar refractivity (Wildman–Crippen MR) is 110 cm³/mol. The first-order chi connectivity index (χ1) is 10.7. The summed E-state index contributed by atoms with van der Waals surface area (Å²) in [6.07, 6.45) is 3.87. The summed E-state index contributed by atoms with van der Waals surface area (Å²) in [5, 5.41) is 9.71. The van der Waals surface area contributed by atoms with Gasteiger partial charge in [-0.05, 0) is 52.4 Å². The lowest BCUT2D eigenvalue weighted by atomic mass is 9.93. The minimum absolute atomic E-state index is 0. The number of carbonyl (C=O) groups excluding carboxylic acids is 1. The van der Waals surface area contributed by atoms with E-state index >= 15 is 0 Å². The van der Waals surface area contributed by atoms with Gasteiger partial charge in [-0.15, -0.1) is 24.0 Å². The molecule has 0 heterocycles. The van der Waals surface area contributed by atoms with E-state index in [1.807, 2.05) is 20.8 Å². The van der Waals surface area contributed by atoms with Gasteiger partial charge in [0.25, 0.3) is 0 Å². The second-order valence-electron chi connectivity index (χ2n) is 7.36. The lowest BCUT2D eigenvalue weighted by molar-refractivity contribution is 0.0448. The summed E-state index contributed by atoms with van der Waals surface area (Å²) in [5.41, 5.74) is -0.841. The zero-order chi connectivity index (χ0) is 17.5. The van der Waals surface area contributed by atoms with Gasteiger partial charge in [0.2, 0.25) is 0 Å². The summed E-state index contributed by atoms with van der Waals surface area (Å²) >= 11 is 0. The van der Waals surface area contributed by atoms with Gasteiger partial charge < -0.3 is 20.7 Å². The van der Waals surface area contributed by atoms with Crippen molar-refractivity contribution >= 4 is 36.0 Å². The zero-order valence-corrected chi connectivity index (χ0v) is 18.3. The number of hydrogen-bond donors (Lipinski definition) is 3. The highest BCUT2D eigenvalue weighted by molar-refractivity contribution is 14.0. The van der Waals surface area contributed by atoms with Crippen molar-refractivity contribution in [3.05, 3.63) is 0 Å². The van der Waals surface area contributed by atoms with Gasteiger partial charge in [-0.25, -0.2) is 4.79 Å². The number of alkyl carbamates (subject to hydrolysis) is 1. The van der Waals surface area contributed by atoms with Crippen molar-refractivity contribution in [3.8, 4) is 0 Å². The zero-order valence-electron chi connectivity index (χ0n) is 16.0. The average Bonchev–Trinajstić information content (AvgIpc) is 3.28. The molecule has 0 bridgehead atoms. The monoisotopic (exact) mass is 454 g/mol. The second kappa shape index (κ2) is 10.3. The predicted octanol–water partition coefficient (Wildman–Crippen LogP) is 3.26. The lowest BCUT2D eigenvalue weighted by Crippen LogP contribution is -2.57. The van der Waals surface area contributed by atoms with Crippen molar-refractivity contribution in [2.75, 3.05) is 20.1 Å². The molecule has 142 valence electrons. The van der Waals surface area contributed by atoms with E-state index < -0.39 is 5.60 Å². The molecule has 1 rings (SSSR count). The Bertz CT molecular complexity index is 413. The van der Waals surface area contributed by atoms with E-state index in [-0.39, 0.29) is 35.6 Å². The third-order valence-corrected chi connectivity index (χ3v) is 4.19. The van der Waals surface area contributed by atoms with Gasteiger partial charge in [0.15, 0.2) is 5.96 Å². The molecule has 1 aliphatic carbocycles. The van der Waals surface area contributed by atoms with Gasteiger partial charge in [0.1, 0.15) is 5.60 Å². The Morgan fingerprint density at radius 3 is 2.17 bits per heavy atom. The number of nitrogens with one attached hydrogen (secondary N) is 3. The fraction of sp³-hybridized carbons (Fsp3) is 0.882. The largest absolute Gasteiger partial charge is 0.444 e. The first-order valence-electron chi connectivity index (χ1n) is 8.69. The normalized spacial score (nSPS) is 15.3. The standard InChI is InChI=1S/C17H34N4O2.HI/c1-7-17(8-2,21-15(22)23-16(3,4)5)12-20-14(18-6)19-11-13-9-10-13;/h13H,7-12H2,1-6H3,(H,21,22)(H2,18,19,20);1H. The van der Waals surface area contributed by atoms with Crippen LogP contribution in [0, 0.1) is 5.92 Å². The molecule has 0 aromatic heterocycles. The lowest BCUT2D eigenvalue weighted by Gasteiger charge is -2.34. The van der Waals surface area contributed by atoms with Crippen molar-refractivity contribution in [1.29, 1.82) is 0 Å². The van der Waals surface area contributed by atoms with Crippen LogP contribution in [0.4, 0.5) is 4.79 Å². The third-order valence-electron chi connectivity index (χ3n) is 4.19.